The molecule has 0 aliphatic carbocycles. The zero-order chi connectivity index (χ0) is 18.6. The Morgan fingerprint density at radius 3 is 2.56 bits per heavy atom. The number of ether oxygens (including phenoxy) is 1. The summed E-state index contributed by atoms with van der Waals surface area (Å²) in [4.78, 5) is 12.7. The van der Waals surface area contributed by atoms with Crippen LogP contribution in [0.25, 0.3) is 16.8 Å². The molecule has 3 aromatic rings. The van der Waals surface area contributed by atoms with Crippen LogP contribution in [0.5, 0.6) is 5.75 Å². The molecular weight excluding hydrogens is 374 g/mol. The lowest BCUT2D eigenvalue weighted by molar-refractivity contribution is -0.115. The molecule has 0 bridgehead atoms. The Labute approximate surface area is 167 Å². The third-order valence-corrected chi connectivity index (χ3v) is 5.50. The summed E-state index contributed by atoms with van der Waals surface area (Å²) in [6.07, 6.45) is 2.70. The van der Waals surface area contributed by atoms with Crippen LogP contribution in [0.3, 0.4) is 0 Å². The van der Waals surface area contributed by atoms with Gasteiger partial charge in [-0.2, -0.15) is 0 Å². The highest BCUT2D eigenvalue weighted by Crippen LogP contribution is 2.34. The van der Waals surface area contributed by atoms with E-state index in [-0.39, 0.29) is 5.91 Å². The van der Waals surface area contributed by atoms with Gasteiger partial charge in [0.25, 0.3) is 5.91 Å². The number of carbonyl (C=O) groups is 1. The van der Waals surface area contributed by atoms with E-state index >= 15 is 0 Å². The van der Waals surface area contributed by atoms with Crippen molar-refractivity contribution in [2.45, 2.75) is 6.42 Å². The van der Waals surface area contributed by atoms with Gasteiger partial charge in [-0.3, -0.25) is 4.79 Å². The van der Waals surface area contributed by atoms with Gasteiger partial charge in [0, 0.05) is 12.0 Å². The summed E-state index contributed by atoms with van der Waals surface area (Å²) in [5.41, 5.74) is 2.14. The van der Waals surface area contributed by atoms with Crippen molar-refractivity contribution in [1.29, 1.82) is 0 Å². The summed E-state index contributed by atoms with van der Waals surface area (Å²) < 4.78 is 6.59. The Balaban J connectivity index is 1.66. The van der Waals surface area contributed by atoms with Crippen molar-refractivity contribution >= 4 is 51.1 Å². The van der Waals surface area contributed by atoms with Gasteiger partial charge in [-0.15, -0.1) is 0 Å². The van der Waals surface area contributed by atoms with Crippen LogP contribution in [-0.2, 0) is 11.2 Å². The fourth-order valence-corrected chi connectivity index (χ4v) is 4.05. The van der Waals surface area contributed by atoms with E-state index in [0.29, 0.717) is 15.8 Å². The van der Waals surface area contributed by atoms with E-state index in [1.54, 1.807) is 0 Å². The average Bonchev–Trinajstić information content (AvgIpc) is 3.01. The van der Waals surface area contributed by atoms with Gasteiger partial charge in [0.15, 0.2) is 0 Å². The van der Waals surface area contributed by atoms with Crippen LogP contribution in [0.15, 0.2) is 71.6 Å². The largest absolute Gasteiger partial charge is 0.493 e. The van der Waals surface area contributed by atoms with Gasteiger partial charge in [0.1, 0.15) is 10.1 Å². The van der Waals surface area contributed by atoms with E-state index < -0.39 is 0 Å². The highest BCUT2D eigenvalue weighted by molar-refractivity contribution is 8.26. The Kier molecular flexibility index (Phi) is 5.23. The van der Waals surface area contributed by atoms with Crippen LogP contribution in [0.4, 0.5) is 0 Å². The fraction of sp³-hybridized carbons (Fsp3) is 0.0909. The average molecular weight is 392 g/mol. The normalized spacial score (nSPS) is 15.3. The highest BCUT2D eigenvalue weighted by atomic mass is 32.2. The van der Waals surface area contributed by atoms with Gasteiger partial charge in [0.2, 0.25) is 0 Å². The third kappa shape index (κ3) is 4.04. The molecule has 5 heteroatoms. The molecule has 1 N–H and O–H groups in total. The molecule has 0 saturated carbocycles. The standard InChI is InChI=1S/C22H17NO2S2/c24-21-20(27-22(26)23-21)14-18-17-9-5-4-8-16(17)10-11-19(18)25-13-12-15-6-2-1-3-7-15/h1-11,14H,12-13H2,(H,23,24,26)/b20-14-. The van der Waals surface area contributed by atoms with E-state index in [1.807, 2.05) is 54.6 Å². The molecule has 134 valence electrons. The van der Waals surface area contributed by atoms with E-state index in [2.05, 4.69) is 23.5 Å². The Morgan fingerprint density at radius 2 is 1.78 bits per heavy atom. The minimum atomic E-state index is -0.159. The number of hydrogen-bond donors (Lipinski definition) is 1. The van der Waals surface area contributed by atoms with Gasteiger partial charge < -0.3 is 10.1 Å². The van der Waals surface area contributed by atoms with Crippen molar-refractivity contribution in [2.24, 2.45) is 0 Å². The van der Waals surface area contributed by atoms with Crippen molar-refractivity contribution in [3.05, 3.63) is 82.8 Å². The van der Waals surface area contributed by atoms with E-state index in [1.165, 1.54) is 17.3 Å². The van der Waals surface area contributed by atoms with Crippen LogP contribution in [0, 0.1) is 0 Å². The summed E-state index contributed by atoms with van der Waals surface area (Å²) >= 11 is 6.38. The molecular formula is C22H17NO2S2. The maximum Gasteiger partial charge on any atom is 0.263 e. The predicted molar refractivity (Wildman–Crippen MR) is 116 cm³/mol. The molecule has 1 fully saturated rings. The van der Waals surface area contributed by atoms with Crippen LogP contribution < -0.4 is 10.1 Å². The number of rotatable bonds is 5. The summed E-state index contributed by atoms with van der Waals surface area (Å²) in [5, 5.41) is 4.82. The van der Waals surface area contributed by atoms with Crippen LogP contribution in [0.2, 0.25) is 0 Å². The first kappa shape index (κ1) is 17.8. The number of thiocarbonyl (C=S) groups is 1. The van der Waals surface area contributed by atoms with Crippen molar-refractivity contribution < 1.29 is 9.53 Å². The second-order valence-corrected chi connectivity index (χ2v) is 7.85. The van der Waals surface area contributed by atoms with E-state index in [0.717, 1.165) is 28.5 Å². The zero-order valence-electron chi connectivity index (χ0n) is 14.5. The number of fused-ring (bicyclic) bond motifs is 1. The molecule has 0 atom stereocenters. The summed E-state index contributed by atoms with van der Waals surface area (Å²) in [6.45, 7) is 0.566. The van der Waals surface area contributed by atoms with Gasteiger partial charge in [0.05, 0.1) is 11.5 Å². The lowest BCUT2D eigenvalue weighted by atomic mass is 10.0. The molecule has 0 radical (unpaired) electrons. The lowest BCUT2D eigenvalue weighted by Gasteiger charge is -2.12. The molecule has 0 aromatic heterocycles. The maximum atomic E-state index is 12.1. The molecule has 1 aliphatic heterocycles. The van der Waals surface area contributed by atoms with Gasteiger partial charge in [-0.1, -0.05) is 84.6 Å². The first-order chi connectivity index (χ1) is 13.2. The predicted octanol–water partition coefficient (Wildman–Crippen LogP) is 4.95. The van der Waals surface area contributed by atoms with Crippen molar-refractivity contribution in [2.75, 3.05) is 6.61 Å². The molecule has 4 rings (SSSR count). The number of thioether (sulfide) groups is 1. The van der Waals surface area contributed by atoms with Crippen molar-refractivity contribution in [3.8, 4) is 5.75 Å². The van der Waals surface area contributed by atoms with Gasteiger partial charge in [-0.25, -0.2) is 0 Å². The fourth-order valence-electron chi connectivity index (χ4n) is 3.03. The molecule has 1 amide bonds. The first-order valence-corrected chi connectivity index (χ1v) is 9.86. The first-order valence-electron chi connectivity index (χ1n) is 8.64. The zero-order valence-corrected chi connectivity index (χ0v) is 16.1. The molecule has 0 unspecified atom stereocenters. The third-order valence-electron chi connectivity index (χ3n) is 4.34. The number of amides is 1. The smallest absolute Gasteiger partial charge is 0.263 e. The maximum absolute atomic E-state index is 12.1. The molecule has 3 aromatic carbocycles. The van der Waals surface area contributed by atoms with Crippen molar-refractivity contribution in [1.82, 2.24) is 5.32 Å². The minimum Gasteiger partial charge on any atom is -0.493 e. The van der Waals surface area contributed by atoms with Crippen LogP contribution in [-0.4, -0.2) is 16.8 Å². The lowest BCUT2D eigenvalue weighted by Crippen LogP contribution is -2.17. The number of nitrogens with one attached hydrogen (secondary N) is 1. The summed E-state index contributed by atoms with van der Waals surface area (Å²) in [6, 6.07) is 22.3. The topological polar surface area (TPSA) is 38.3 Å². The van der Waals surface area contributed by atoms with Crippen LogP contribution in [0.1, 0.15) is 11.1 Å². The molecule has 27 heavy (non-hydrogen) atoms. The Hall–Kier alpha value is -2.63. The molecule has 0 spiro atoms. The highest BCUT2D eigenvalue weighted by Gasteiger charge is 2.23. The monoisotopic (exact) mass is 391 g/mol. The number of carbonyl (C=O) groups excluding carboxylic acids is 1. The Morgan fingerprint density at radius 1 is 1.00 bits per heavy atom. The number of benzene rings is 3. The SMILES string of the molecule is O=C1NC(=S)S/C1=C\c1c(OCCc2ccccc2)ccc2ccccc12. The summed E-state index contributed by atoms with van der Waals surface area (Å²) in [7, 11) is 0. The summed E-state index contributed by atoms with van der Waals surface area (Å²) in [5.74, 6) is 0.608. The van der Waals surface area contributed by atoms with E-state index in [9.17, 15) is 4.79 Å². The molecule has 1 saturated heterocycles. The quantitative estimate of drug-likeness (QED) is 0.493. The van der Waals surface area contributed by atoms with Crippen LogP contribution >= 0.6 is 24.0 Å². The second kappa shape index (κ2) is 7.94. The Bertz CT molecular complexity index is 1040. The second-order valence-electron chi connectivity index (χ2n) is 6.13. The molecule has 3 nitrogen and oxygen atoms in total. The molecule has 1 heterocycles. The molecule has 1 aliphatic rings. The van der Waals surface area contributed by atoms with Crippen molar-refractivity contribution in [3.63, 3.8) is 0 Å². The van der Waals surface area contributed by atoms with Gasteiger partial charge >= 0.3 is 0 Å². The number of hydrogen-bond acceptors (Lipinski definition) is 4. The minimum absolute atomic E-state index is 0.159. The van der Waals surface area contributed by atoms with E-state index in [4.69, 9.17) is 17.0 Å². The van der Waals surface area contributed by atoms with Gasteiger partial charge in [-0.05, 0) is 28.5 Å².